The van der Waals surface area contributed by atoms with Crippen LogP contribution in [-0.2, 0) is 0 Å². The summed E-state index contributed by atoms with van der Waals surface area (Å²) < 4.78 is 0. The summed E-state index contributed by atoms with van der Waals surface area (Å²) in [5.74, 6) is 0. The van der Waals surface area contributed by atoms with Crippen LogP contribution in [0.1, 0.15) is 30.4 Å². The number of rotatable bonds is 5. The van der Waals surface area contributed by atoms with Gasteiger partial charge in [-0.05, 0) is 32.4 Å². The first-order valence-electron chi connectivity index (χ1n) is 6.75. The van der Waals surface area contributed by atoms with Crippen molar-refractivity contribution in [2.24, 2.45) is 0 Å². The molecule has 0 aliphatic rings. The Kier molecular flexibility index (Phi) is 4.59. The van der Waals surface area contributed by atoms with Crippen molar-refractivity contribution in [1.29, 1.82) is 0 Å². The molecule has 0 amide bonds. The third-order valence-corrected chi connectivity index (χ3v) is 4.61. The smallest absolute Gasteiger partial charge is 0.304 e. The highest BCUT2D eigenvalue weighted by Crippen LogP contribution is 2.43. The lowest BCUT2D eigenvalue weighted by Gasteiger charge is -2.22. The molecule has 0 saturated carbocycles. The summed E-state index contributed by atoms with van der Waals surface area (Å²) in [5, 5.41) is 21.6. The van der Waals surface area contributed by atoms with Gasteiger partial charge in [0, 0.05) is 23.2 Å². The predicted octanol–water partition coefficient (Wildman–Crippen LogP) is 4.18. The summed E-state index contributed by atoms with van der Waals surface area (Å²) in [7, 11) is 0. The van der Waals surface area contributed by atoms with Crippen LogP contribution in [0.3, 0.4) is 0 Å². The van der Waals surface area contributed by atoms with E-state index in [4.69, 9.17) is 0 Å². The molecule has 21 heavy (non-hydrogen) atoms. The second-order valence-electron chi connectivity index (χ2n) is 4.80. The SMILES string of the molecule is CCN(c1ccccc1C)c1sc(C(C)O)cc1[N+](=O)[O-]. The molecular formula is C15H18N2O3S. The van der Waals surface area contributed by atoms with Crippen LogP contribution in [0.4, 0.5) is 16.4 Å². The molecule has 6 heteroatoms. The van der Waals surface area contributed by atoms with Gasteiger partial charge in [-0.15, -0.1) is 11.3 Å². The number of thiophene rings is 1. The van der Waals surface area contributed by atoms with Gasteiger partial charge in [0.25, 0.3) is 0 Å². The number of nitro groups is 1. The van der Waals surface area contributed by atoms with Gasteiger partial charge in [0.2, 0.25) is 0 Å². The Morgan fingerprint density at radius 1 is 1.43 bits per heavy atom. The maximum atomic E-state index is 11.3. The summed E-state index contributed by atoms with van der Waals surface area (Å²) in [4.78, 5) is 13.4. The van der Waals surface area contributed by atoms with E-state index in [1.165, 1.54) is 17.4 Å². The van der Waals surface area contributed by atoms with Crippen molar-refractivity contribution in [2.75, 3.05) is 11.4 Å². The van der Waals surface area contributed by atoms with Crippen LogP contribution in [-0.4, -0.2) is 16.6 Å². The van der Waals surface area contributed by atoms with Gasteiger partial charge in [0.1, 0.15) is 0 Å². The van der Waals surface area contributed by atoms with Gasteiger partial charge in [-0.3, -0.25) is 10.1 Å². The maximum Gasteiger partial charge on any atom is 0.304 e. The highest BCUT2D eigenvalue weighted by atomic mass is 32.1. The molecule has 1 aromatic carbocycles. The number of hydrogen-bond acceptors (Lipinski definition) is 5. The molecule has 5 nitrogen and oxygen atoms in total. The molecule has 1 N–H and O–H groups in total. The lowest BCUT2D eigenvalue weighted by atomic mass is 10.2. The van der Waals surface area contributed by atoms with Gasteiger partial charge in [-0.25, -0.2) is 0 Å². The van der Waals surface area contributed by atoms with Crippen LogP contribution in [0.15, 0.2) is 30.3 Å². The molecule has 0 bridgehead atoms. The van der Waals surface area contributed by atoms with E-state index in [-0.39, 0.29) is 5.69 Å². The zero-order chi connectivity index (χ0) is 15.6. The van der Waals surface area contributed by atoms with Crippen LogP contribution >= 0.6 is 11.3 Å². The summed E-state index contributed by atoms with van der Waals surface area (Å²) in [6.07, 6.45) is -0.710. The first kappa shape index (κ1) is 15.5. The summed E-state index contributed by atoms with van der Waals surface area (Å²) >= 11 is 1.27. The van der Waals surface area contributed by atoms with E-state index < -0.39 is 11.0 Å². The van der Waals surface area contributed by atoms with Gasteiger partial charge in [-0.2, -0.15) is 0 Å². The Morgan fingerprint density at radius 2 is 2.10 bits per heavy atom. The average Bonchev–Trinajstić information content (AvgIpc) is 2.87. The van der Waals surface area contributed by atoms with Crippen LogP contribution in [0.5, 0.6) is 0 Å². The number of aryl methyl sites for hydroxylation is 1. The largest absolute Gasteiger partial charge is 0.388 e. The van der Waals surface area contributed by atoms with E-state index in [9.17, 15) is 15.2 Å². The molecule has 0 radical (unpaired) electrons. The monoisotopic (exact) mass is 306 g/mol. The van der Waals surface area contributed by atoms with Crippen molar-refractivity contribution in [3.63, 3.8) is 0 Å². The minimum absolute atomic E-state index is 0.0426. The van der Waals surface area contributed by atoms with Crippen LogP contribution in [0.2, 0.25) is 0 Å². The molecule has 0 aliphatic carbocycles. The van der Waals surface area contributed by atoms with Crippen molar-refractivity contribution >= 4 is 27.7 Å². The van der Waals surface area contributed by atoms with E-state index in [0.717, 1.165) is 11.3 Å². The molecule has 0 saturated heterocycles. The van der Waals surface area contributed by atoms with Crippen LogP contribution < -0.4 is 4.90 Å². The van der Waals surface area contributed by atoms with E-state index in [1.54, 1.807) is 6.92 Å². The molecule has 0 fully saturated rings. The Bertz CT molecular complexity index is 652. The third kappa shape index (κ3) is 3.06. The fraction of sp³-hybridized carbons (Fsp3) is 0.333. The van der Waals surface area contributed by atoms with E-state index >= 15 is 0 Å². The zero-order valence-corrected chi connectivity index (χ0v) is 13.1. The molecule has 0 spiro atoms. The van der Waals surface area contributed by atoms with Crippen molar-refractivity contribution in [2.45, 2.75) is 26.9 Å². The van der Waals surface area contributed by atoms with Crippen LogP contribution in [0, 0.1) is 17.0 Å². The lowest BCUT2D eigenvalue weighted by molar-refractivity contribution is -0.383. The molecular weight excluding hydrogens is 288 g/mol. The summed E-state index contributed by atoms with van der Waals surface area (Å²) in [6, 6.07) is 9.25. The standard InChI is InChI=1S/C15H18N2O3S/c1-4-16(12-8-6-5-7-10(12)2)15-13(17(19)20)9-14(21-15)11(3)18/h5-9,11,18H,4H2,1-3H3. The highest BCUT2D eigenvalue weighted by Gasteiger charge is 2.26. The highest BCUT2D eigenvalue weighted by molar-refractivity contribution is 7.16. The van der Waals surface area contributed by atoms with Gasteiger partial charge in [-0.1, -0.05) is 18.2 Å². The maximum absolute atomic E-state index is 11.3. The minimum atomic E-state index is -0.710. The molecule has 2 rings (SSSR count). The molecule has 1 heterocycles. The lowest BCUT2D eigenvalue weighted by Crippen LogP contribution is -2.16. The number of benzene rings is 1. The van der Waals surface area contributed by atoms with Gasteiger partial charge < -0.3 is 10.0 Å². The van der Waals surface area contributed by atoms with Gasteiger partial charge >= 0.3 is 5.69 Å². The second-order valence-corrected chi connectivity index (χ2v) is 5.87. The molecule has 0 aliphatic heterocycles. The van der Waals surface area contributed by atoms with Crippen LogP contribution in [0.25, 0.3) is 0 Å². The fourth-order valence-corrected chi connectivity index (χ4v) is 3.35. The van der Waals surface area contributed by atoms with Crippen molar-refractivity contribution in [1.82, 2.24) is 0 Å². The van der Waals surface area contributed by atoms with E-state index in [0.29, 0.717) is 16.4 Å². The number of para-hydroxylation sites is 1. The number of aliphatic hydroxyl groups is 1. The first-order chi connectivity index (χ1) is 9.95. The normalized spacial score (nSPS) is 12.2. The van der Waals surface area contributed by atoms with Gasteiger partial charge in [0.15, 0.2) is 5.00 Å². The van der Waals surface area contributed by atoms with E-state index in [1.807, 2.05) is 43.0 Å². The quantitative estimate of drug-likeness (QED) is 0.665. The summed E-state index contributed by atoms with van der Waals surface area (Å²) in [5.41, 5.74) is 2.05. The Morgan fingerprint density at radius 3 is 2.62 bits per heavy atom. The topological polar surface area (TPSA) is 66.6 Å². The summed E-state index contributed by atoms with van der Waals surface area (Å²) in [6.45, 7) is 6.17. The van der Waals surface area contributed by atoms with Crippen molar-refractivity contribution in [3.8, 4) is 0 Å². The second kappa shape index (κ2) is 6.24. The Labute approximate surface area is 127 Å². The van der Waals surface area contributed by atoms with E-state index in [2.05, 4.69) is 0 Å². The number of hydrogen-bond donors (Lipinski definition) is 1. The molecule has 1 unspecified atom stereocenters. The molecule has 2 aromatic rings. The number of aliphatic hydroxyl groups excluding tert-OH is 1. The zero-order valence-electron chi connectivity index (χ0n) is 12.2. The number of anilines is 2. The molecule has 1 aromatic heterocycles. The number of nitrogens with zero attached hydrogens (tertiary/aromatic N) is 2. The van der Waals surface area contributed by atoms with Crippen molar-refractivity contribution < 1.29 is 10.0 Å². The Balaban J connectivity index is 2.57. The minimum Gasteiger partial charge on any atom is -0.388 e. The predicted molar refractivity (Wildman–Crippen MR) is 85.5 cm³/mol. The molecule has 1 atom stereocenters. The Hall–Kier alpha value is -1.92. The average molecular weight is 306 g/mol. The molecule has 112 valence electrons. The van der Waals surface area contributed by atoms with Crippen molar-refractivity contribution in [3.05, 3.63) is 50.9 Å². The first-order valence-corrected chi connectivity index (χ1v) is 7.56. The fourth-order valence-electron chi connectivity index (χ4n) is 2.21. The third-order valence-electron chi connectivity index (χ3n) is 3.29. The van der Waals surface area contributed by atoms with Gasteiger partial charge in [0.05, 0.1) is 11.0 Å².